The van der Waals surface area contributed by atoms with Crippen molar-refractivity contribution < 1.29 is 8.42 Å². The number of nitrogens with zero attached hydrogens (tertiary/aromatic N) is 2. The van der Waals surface area contributed by atoms with Crippen molar-refractivity contribution in [2.45, 2.75) is 51.1 Å². The zero-order valence-corrected chi connectivity index (χ0v) is 12.9. The number of aromatic nitrogens is 2. The van der Waals surface area contributed by atoms with Crippen LogP contribution in [0.25, 0.3) is 0 Å². The summed E-state index contributed by atoms with van der Waals surface area (Å²) < 4.78 is 28.7. The van der Waals surface area contributed by atoms with Gasteiger partial charge in [-0.2, -0.15) is 5.10 Å². The van der Waals surface area contributed by atoms with Gasteiger partial charge >= 0.3 is 0 Å². The summed E-state index contributed by atoms with van der Waals surface area (Å²) in [4.78, 5) is 0.213. The van der Waals surface area contributed by atoms with Crippen LogP contribution in [0, 0.1) is 0 Å². The van der Waals surface area contributed by atoms with Crippen LogP contribution in [0.15, 0.2) is 17.3 Å². The van der Waals surface area contributed by atoms with E-state index in [1.165, 1.54) is 6.20 Å². The molecule has 1 heterocycles. The lowest BCUT2D eigenvalue weighted by Gasteiger charge is -2.23. The zero-order chi connectivity index (χ0) is 14.5. The van der Waals surface area contributed by atoms with Crippen LogP contribution < -0.4 is 10.0 Å². The predicted molar refractivity (Wildman–Crippen MR) is 75.5 cm³/mol. The molecule has 0 aromatic carbocycles. The molecule has 7 heteroatoms. The van der Waals surface area contributed by atoms with E-state index in [1.54, 1.807) is 10.9 Å². The van der Waals surface area contributed by atoms with Gasteiger partial charge in [0.05, 0.1) is 12.7 Å². The van der Waals surface area contributed by atoms with E-state index >= 15 is 0 Å². The monoisotopic (exact) mass is 288 g/mol. The quantitative estimate of drug-likeness (QED) is 0.699. The van der Waals surface area contributed by atoms with Gasteiger partial charge in [-0.3, -0.25) is 4.68 Å². The van der Waals surface area contributed by atoms with Gasteiger partial charge in [0.1, 0.15) is 4.90 Å². The normalized spacial score (nSPS) is 12.8. The highest BCUT2D eigenvalue weighted by atomic mass is 32.2. The second-order valence-corrected chi connectivity index (χ2v) is 6.82. The standard InChI is InChI=1S/C12H24N4O2S/c1-5-12(3,4)15-19(17,18)11-9-14-16(10-11)8-7-13-6-2/h9-10,13,15H,5-8H2,1-4H3. The Labute approximate surface area is 115 Å². The smallest absolute Gasteiger partial charge is 0.244 e. The molecule has 0 spiro atoms. The topological polar surface area (TPSA) is 76.0 Å². The Morgan fingerprint density at radius 1 is 1.37 bits per heavy atom. The number of rotatable bonds is 8. The minimum Gasteiger partial charge on any atom is -0.315 e. The van der Waals surface area contributed by atoms with Crippen molar-refractivity contribution in [2.75, 3.05) is 13.1 Å². The maximum Gasteiger partial charge on any atom is 0.244 e. The molecule has 1 aromatic rings. The molecule has 0 aliphatic carbocycles. The summed E-state index contributed by atoms with van der Waals surface area (Å²) in [5.41, 5.74) is -0.454. The Kier molecular flexibility index (Phi) is 5.51. The molecule has 2 N–H and O–H groups in total. The third kappa shape index (κ3) is 4.93. The van der Waals surface area contributed by atoms with Crippen molar-refractivity contribution >= 4 is 10.0 Å². The van der Waals surface area contributed by atoms with Crippen molar-refractivity contribution in [3.8, 4) is 0 Å². The molecule has 0 atom stereocenters. The van der Waals surface area contributed by atoms with E-state index in [1.807, 2.05) is 27.7 Å². The summed E-state index contributed by atoms with van der Waals surface area (Å²) in [5, 5.41) is 7.23. The number of hydrogen-bond donors (Lipinski definition) is 2. The number of likely N-dealkylation sites (N-methyl/N-ethyl adjacent to an activating group) is 1. The second-order valence-electron chi connectivity index (χ2n) is 5.14. The Balaban J connectivity index is 2.74. The molecule has 0 aliphatic heterocycles. The van der Waals surface area contributed by atoms with Gasteiger partial charge in [0.2, 0.25) is 10.0 Å². The molecule has 19 heavy (non-hydrogen) atoms. The summed E-state index contributed by atoms with van der Waals surface area (Å²) in [5.74, 6) is 0. The SMILES string of the molecule is CCNCCn1cc(S(=O)(=O)NC(C)(C)CC)cn1. The van der Waals surface area contributed by atoms with E-state index in [0.717, 1.165) is 19.5 Å². The van der Waals surface area contributed by atoms with E-state index in [0.29, 0.717) is 6.54 Å². The fourth-order valence-corrected chi connectivity index (χ4v) is 2.91. The highest BCUT2D eigenvalue weighted by Crippen LogP contribution is 2.14. The molecule has 1 aromatic heterocycles. The van der Waals surface area contributed by atoms with E-state index < -0.39 is 15.6 Å². The lowest BCUT2D eigenvalue weighted by Crippen LogP contribution is -2.42. The predicted octanol–water partition coefficient (Wildman–Crippen LogP) is 0.960. The first kappa shape index (κ1) is 16.1. The van der Waals surface area contributed by atoms with Crippen LogP contribution in [-0.2, 0) is 16.6 Å². The van der Waals surface area contributed by atoms with Gasteiger partial charge < -0.3 is 5.32 Å². The summed E-state index contributed by atoms with van der Waals surface area (Å²) in [7, 11) is -3.49. The van der Waals surface area contributed by atoms with Crippen molar-refractivity contribution in [3.63, 3.8) is 0 Å². The average Bonchev–Trinajstić information content (AvgIpc) is 2.78. The van der Waals surface area contributed by atoms with Crippen LogP contribution in [0.1, 0.15) is 34.1 Å². The lowest BCUT2D eigenvalue weighted by atomic mass is 10.0. The maximum absolute atomic E-state index is 12.2. The number of hydrogen-bond acceptors (Lipinski definition) is 4. The lowest BCUT2D eigenvalue weighted by molar-refractivity contribution is 0.439. The summed E-state index contributed by atoms with van der Waals surface area (Å²) in [6.45, 7) is 10.0. The van der Waals surface area contributed by atoms with E-state index in [2.05, 4.69) is 15.1 Å². The zero-order valence-electron chi connectivity index (χ0n) is 12.1. The second kappa shape index (κ2) is 6.49. The molecular formula is C12H24N4O2S. The van der Waals surface area contributed by atoms with E-state index in [9.17, 15) is 8.42 Å². The molecule has 0 saturated heterocycles. The summed E-state index contributed by atoms with van der Waals surface area (Å²) >= 11 is 0. The third-order valence-corrected chi connectivity index (χ3v) is 4.63. The fraction of sp³-hybridized carbons (Fsp3) is 0.750. The van der Waals surface area contributed by atoms with Crippen LogP contribution in [0.3, 0.4) is 0 Å². The highest BCUT2D eigenvalue weighted by molar-refractivity contribution is 7.89. The van der Waals surface area contributed by atoms with Crippen LogP contribution in [0.4, 0.5) is 0 Å². The Morgan fingerprint density at radius 3 is 2.63 bits per heavy atom. The van der Waals surface area contributed by atoms with Crippen LogP contribution in [-0.4, -0.2) is 36.8 Å². The molecular weight excluding hydrogens is 264 g/mol. The van der Waals surface area contributed by atoms with E-state index in [4.69, 9.17) is 0 Å². The molecule has 0 saturated carbocycles. The van der Waals surface area contributed by atoms with Crippen LogP contribution in [0.2, 0.25) is 0 Å². The molecule has 1 rings (SSSR count). The van der Waals surface area contributed by atoms with Gasteiger partial charge in [-0.15, -0.1) is 0 Å². The molecule has 0 radical (unpaired) electrons. The van der Waals surface area contributed by atoms with Crippen molar-refractivity contribution in [3.05, 3.63) is 12.4 Å². The van der Waals surface area contributed by atoms with Gasteiger partial charge in [-0.1, -0.05) is 13.8 Å². The largest absolute Gasteiger partial charge is 0.315 e. The average molecular weight is 288 g/mol. The van der Waals surface area contributed by atoms with Gasteiger partial charge in [0, 0.05) is 18.3 Å². The molecule has 110 valence electrons. The van der Waals surface area contributed by atoms with Crippen molar-refractivity contribution in [1.29, 1.82) is 0 Å². The molecule has 0 amide bonds. The Hall–Kier alpha value is -0.920. The first-order valence-electron chi connectivity index (χ1n) is 6.58. The fourth-order valence-electron chi connectivity index (χ4n) is 1.47. The van der Waals surface area contributed by atoms with Crippen molar-refractivity contribution in [2.24, 2.45) is 0 Å². The molecule has 0 fully saturated rings. The Morgan fingerprint density at radius 2 is 2.05 bits per heavy atom. The summed E-state index contributed by atoms with van der Waals surface area (Å²) in [6.07, 6.45) is 3.67. The van der Waals surface area contributed by atoms with Gasteiger partial charge in [0.25, 0.3) is 0 Å². The molecule has 0 aliphatic rings. The third-order valence-electron chi connectivity index (χ3n) is 2.98. The summed E-state index contributed by atoms with van der Waals surface area (Å²) in [6, 6.07) is 0. The number of nitrogens with one attached hydrogen (secondary N) is 2. The highest BCUT2D eigenvalue weighted by Gasteiger charge is 2.25. The van der Waals surface area contributed by atoms with Gasteiger partial charge in [-0.25, -0.2) is 13.1 Å². The minimum atomic E-state index is -3.49. The number of sulfonamides is 1. The minimum absolute atomic E-state index is 0.213. The maximum atomic E-state index is 12.2. The van der Waals surface area contributed by atoms with E-state index in [-0.39, 0.29) is 4.90 Å². The Bertz CT molecular complexity index is 494. The van der Waals surface area contributed by atoms with Crippen LogP contribution in [0.5, 0.6) is 0 Å². The molecule has 0 unspecified atom stereocenters. The first-order chi connectivity index (χ1) is 8.80. The molecule has 6 nitrogen and oxygen atoms in total. The van der Waals surface area contributed by atoms with Gasteiger partial charge in [0.15, 0.2) is 0 Å². The first-order valence-corrected chi connectivity index (χ1v) is 8.06. The van der Waals surface area contributed by atoms with Gasteiger partial charge in [-0.05, 0) is 26.8 Å². The van der Waals surface area contributed by atoms with Crippen molar-refractivity contribution in [1.82, 2.24) is 19.8 Å². The van der Waals surface area contributed by atoms with Crippen LogP contribution >= 0.6 is 0 Å². The molecule has 0 bridgehead atoms.